The number of phenols is 1. The van der Waals surface area contributed by atoms with Crippen LogP contribution in [0.4, 0.5) is 11.4 Å². The van der Waals surface area contributed by atoms with Crippen molar-refractivity contribution in [2.24, 2.45) is 0 Å². The van der Waals surface area contributed by atoms with E-state index in [1.165, 1.54) is 0 Å². The number of hydrogen-bond acceptors (Lipinski definition) is 3. The Labute approximate surface area is 132 Å². The van der Waals surface area contributed by atoms with Crippen LogP contribution < -0.4 is 11.1 Å². The predicted octanol–water partition coefficient (Wildman–Crippen LogP) is 3.65. The molecule has 4 nitrogen and oxygen atoms in total. The summed E-state index contributed by atoms with van der Waals surface area (Å²) in [7, 11) is 0. The molecule has 4 N–H and O–H groups in total. The monoisotopic (exact) mass is 348 g/mol. The fourth-order valence-electron chi connectivity index (χ4n) is 1.93. The van der Waals surface area contributed by atoms with Gasteiger partial charge in [0.2, 0.25) is 5.91 Å². The number of phenolic OH excluding ortho intramolecular Hbond substituents is 1. The summed E-state index contributed by atoms with van der Waals surface area (Å²) < 4.78 is 0.533. The van der Waals surface area contributed by atoms with Crippen LogP contribution in [-0.2, 0) is 10.2 Å². The Morgan fingerprint density at radius 2 is 1.81 bits per heavy atom. The largest absolute Gasteiger partial charge is 0.505 e. The van der Waals surface area contributed by atoms with E-state index in [2.05, 4.69) is 21.2 Å². The molecule has 0 radical (unpaired) electrons. The number of carbonyl (C=O) groups is 1. The number of amides is 1. The molecule has 1 amide bonds. The Morgan fingerprint density at radius 3 is 2.43 bits per heavy atom. The molecule has 0 aliphatic carbocycles. The van der Waals surface area contributed by atoms with Gasteiger partial charge in [-0.1, -0.05) is 18.2 Å². The Morgan fingerprint density at radius 1 is 1.19 bits per heavy atom. The standard InChI is InChI=1S/C16H17BrN2O2/c1-16(2,10-6-8-11(18)9-7-10)15(21)19-13-5-3-4-12(17)14(13)20/h3-9,20H,18H2,1-2H3,(H,19,21). The summed E-state index contributed by atoms with van der Waals surface area (Å²) in [5.74, 6) is -0.195. The van der Waals surface area contributed by atoms with Crippen LogP contribution >= 0.6 is 15.9 Å². The highest BCUT2D eigenvalue weighted by molar-refractivity contribution is 9.10. The van der Waals surface area contributed by atoms with E-state index in [4.69, 9.17) is 5.73 Å². The smallest absolute Gasteiger partial charge is 0.234 e. The quantitative estimate of drug-likeness (QED) is 0.585. The van der Waals surface area contributed by atoms with Crippen molar-refractivity contribution in [3.05, 3.63) is 52.5 Å². The topological polar surface area (TPSA) is 75.3 Å². The third kappa shape index (κ3) is 3.19. The first-order valence-electron chi connectivity index (χ1n) is 6.47. The van der Waals surface area contributed by atoms with Crippen molar-refractivity contribution in [1.82, 2.24) is 0 Å². The maximum Gasteiger partial charge on any atom is 0.234 e. The summed E-state index contributed by atoms with van der Waals surface area (Å²) >= 11 is 3.22. The molecule has 0 aliphatic heterocycles. The predicted molar refractivity (Wildman–Crippen MR) is 88.3 cm³/mol. The van der Waals surface area contributed by atoms with Gasteiger partial charge in [0.25, 0.3) is 0 Å². The number of hydrogen-bond donors (Lipinski definition) is 3. The minimum atomic E-state index is -0.748. The van der Waals surface area contributed by atoms with Crippen LogP contribution in [0.15, 0.2) is 46.9 Å². The molecule has 2 rings (SSSR count). The van der Waals surface area contributed by atoms with Crippen molar-refractivity contribution in [2.45, 2.75) is 19.3 Å². The molecule has 0 atom stereocenters. The van der Waals surface area contributed by atoms with Gasteiger partial charge in [-0.15, -0.1) is 0 Å². The Bertz CT molecular complexity index is 666. The van der Waals surface area contributed by atoms with E-state index in [0.717, 1.165) is 5.56 Å². The third-order valence-electron chi connectivity index (χ3n) is 3.44. The van der Waals surface area contributed by atoms with Gasteiger partial charge in [-0.2, -0.15) is 0 Å². The van der Waals surface area contributed by atoms with Gasteiger partial charge in [0, 0.05) is 5.69 Å². The summed E-state index contributed by atoms with van der Waals surface area (Å²) in [5.41, 5.74) is 6.80. The second-order valence-electron chi connectivity index (χ2n) is 5.34. The van der Waals surface area contributed by atoms with Crippen molar-refractivity contribution >= 4 is 33.2 Å². The van der Waals surface area contributed by atoms with E-state index in [-0.39, 0.29) is 11.7 Å². The van der Waals surface area contributed by atoms with Crippen LogP contribution in [-0.4, -0.2) is 11.0 Å². The lowest BCUT2D eigenvalue weighted by Gasteiger charge is -2.24. The number of aromatic hydroxyl groups is 1. The molecule has 0 heterocycles. The van der Waals surface area contributed by atoms with E-state index in [9.17, 15) is 9.90 Å². The van der Waals surface area contributed by atoms with E-state index < -0.39 is 5.41 Å². The van der Waals surface area contributed by atoms with Crippen LogP contribution in [0.25, 0.3) is 0 Å². The number of nitrogens with one attached hydrogen (secondary N) is 1. The van der Waals surface area contributed by atoms with E-state index in [0.29, 0.717) is 15.8 Å². The average molecular weight is 349 g/mol. The molecule has 2 aromatic carbocycles. The lowest BCUT2D eigenvalue weighted by molar-refractivity contribution is -0.120. The fraction of sp³-hybridized carbons (Fsp3) is 0.188. The van der Waals surface area contributed by atoms with Crippen molar-refractivity contribution in [3.8, 4) is 5.75 Å². The second-order valence-corrected chi connectivity index (χ2v) is 6.19. The molecular weight excluding hydrogens is 332 g/mol. The van der Waals surface area contributed by atoms with Crippen molar-refractivity contribution in [2.75, 3.05) is 11.1 Å². The number of rotatable bonds is 3. The first-order chi connectivity index (χ1) is 9.82. The first kappa shape index (κ1) is 15.4. The van der Waals surface area contributed by atoms with Gasteiger partial charge in [-0.05, 0) is 59.6 Å². The molecule has 0 saturated heterocycles. The SMILES string of the molecule is CC(C)(C(=O)Nc1cccc(Br)c1O)c1ccc(N)cc1. The fourth-order valence-corrected chi connectivity index (χ4v) is 2.29. The highest BCUT2D eigenvalue weighted by Crippen LogP contribution is 2.33. The zero-order valence-corrected chi connectivity index (χ0v) is 13.4. The number of benzene rings is 2. The highest BCUT2D eigenvalue weighted by Gasteiger charge is 2.30. The highest BCUT2D eigenvalue weighted by atomic mass is 79.9. The van der Waals surface area contributed by atoms with Crippen molar-refractivity contribution in [3.63, 3.8) is 0 Å². The normalized spacial score (nSPS) is 11.2. The second kappa shape index (κ2) is 5.77. The molecule has 5 heteroatoms. The number of halogens is 1. The van der Waals surface area contributed by atoms with Gasteiger partial charge in [0.05, 0.1) is 15.6 Å². The average Bonchev–Trinajstić information content (AvgIpc) is 2.44. The van der Waals surface area contributed by atoms with Gasteiger partial charge >= 0.3 is 0 Å². The molecular formula is C16H17BrN2O2. The lowest BCUT2D eigenvalue weighted by atomic mass is 9.83. The van der Waals surface area contributed by atoms with Gasteiger partial charge in [-0.3, -0.25) is 4.79 Å². The van der Waals surface area contributed by atoms with E-state index in [1.807, 2.05) is 26.0 Å². The Kier molecular flexibility index (Phi) is 4.23. The van der Waals surface area contributed by atoms with E-state index in [1.54, 1.807) is 30.3 Å². The molecule has 0 aliphatic rings. The Hall–Kier alpha value is -2.01. The van der Waals surface area contributed by atoms with Crippen molar-refractivity contribution in [1.29, 1.82) is 0 Å². The molecule has 2 aromatic rings. The van der Waals surface area contributed by atoms with Crippen molar-refractivity contribution < 1.29 is 9.90 Å². The summed E-state index contributed by atoms with van der Waals surface area (Å²) in [4.78, 5) is 12.5. The van der Waals surface area contributed by atoms with Gasteiger partial charge in [0.15, 0.2) is 5.75 Å². The van der Waals surface area contributed by atoms with Crippen LogP contribution in [0.2, 0.25) is 0 Å². The summed E-state index contributed by atoms with van der Waals surface area (Å²) in [6.45, 7) is 3.64. The molecule has 0 saturated carbocycles. The first-order valence-corrected chi connectivity index (χ1v) is 7.26. The van der Waals surface area contributed by atoms with Crippen LogP contribution in [0, 0.1) is 0 Å². The number of para-hydroxylation sites is 1. The van der Waals surface area contributed by atoms with Gasteiger partial charge in [0.1, 0.15) is 0 Å². The number of carbonyl (C=O) groups excluding carboxylic acids is 1. The molecule has 0 aromatic heterocycles. The van der Waals surface area contributed by atoms with Gasteiger partial charge in [-0.25, -0.2) is 0 Å². The maximum atomic E-state index is 12.5. The van der Waals surface area contributed by atoms with E-state index >= 15 is 0 Å². The maximum absolute atomic E-state index is 12.5. The number of anilines is 2. The summed E-state index contributed by atoms with van der Waals surface area (Å²) in [5, 5.41) is 12.7. The summed E-state index contributed by atoms with van der Waals surface area (Å²) in [6, 6.07) is 12.3. The zero-order chi connectivity index (χ0) is 15.6. The molecule has 0 unspecified atom stereocenters. The zero-order valence-electron chi connectivity index (χ0n) is 11.9. The summed E-state index contributed by atoms with van der Waals surface area (Å²) in [6.07, 6.45) is 0. The minimum absolute atomic E-state index is 0.0129. The molecule has 110 valence electrons. The van der Waals surface area contributed by atoms with Crippen LogP contribution in [0.1, 0.15) is 19.4 Å². The molecule has 0 spiro atoms. The lowest BCUT2D eigenvalue weighted by Crippen LogP contribution is -2.34. The number of nitrogen functional groups attached to an aromatic ring is 1. The minimum Gasteiger partial charge on any atom is -0.505 e. The Balaban J connectivity index is 2.26. The van der Waals surface area contributed by atoms with Crippen LogP contribution in [0.3, 0.4) is 0 Å². The third-order valence-corrected chi connectivity index (χ3v) is 4.07. The molecule has 21 heavy (non-hydrogen) atoms. The van der Waals surface area contributed by atoms with Gasteiger partial charge < -0.3 is 16.2 Å². The molecule has 0 bridgehead atoms. The number of nitrogens with two attached hydrogens (primary N) is 1. The van der Waals surface area contributed by atoms with Crippen LogP contribution in [0.5, 0.6) is 5.75 Å². The molecule has 0 fully saturated rings.